The molecule has 1 saturated heterocycles. The normalized spacial score (nSPS) is 19.4. The van der Waals surface area contributed by atoms with Crippen LogP contribution in [0.3, 0.4) is 0 Å². The number of hydrogen-bond acceptors (Lipinski definition) is 6. The van der Waals surface area contributed by atoms with Crippen molar-refractivity contribution in [1.82, 2.24) is 5.16 Å². The number of hydrogen-bond donors (Lipinski definition) is 0. The van der Waals surface area contributed by atoms with Crippen molar-refractivity contribution >= 4 is 5.97 Å². The third-order valence-electron chi connectivity index (χ3n) is 2.09. The first-order valence-electron chi connectivity index (χ1n) is 4.59. The van der Waals surface area contributed by atoms with Crippen molar-refractivity contribution < 1.29 is 23.5 Å². The van der Waals surface area contributed by atoms with Crippen LogP contribution in [0.2, 0.25) is 0 Å². The minimum Gasteiger partial charge on any atom is -0.473 e. The summed E-state index contributed by atoms with van der Waals surface area (Å²) in [5.41, 5.74) is 0. The molecule has 1 unspecified atom stereocenters. The largest absolute Gasteiger partial charge is 0.473 e. The van der Waals surface area contributed by atoms with Gasteiger partial charge in [-0.25, -0.2) is 4.79 Å². The first-order valence-corrected chi connectivity index (χ1v) is 4.59. The van der Waals surface area contributed by atoms with Crippen molar-refractivity contribution in [2.75, 3.05) is 20.3 Å². The van der Waals surface area contributed by atoms with Crippen molar-refractivity contribution in [2.24, 2.45) is 0 Å². The fourth-order valence-electron chi connectivity index (χ4n) is 1.12. The fourth-order valence-corrected chi connectivity index (χ4v) is 1.12. The summed E-state index contributed by atoms with van der Waals surface area (Å²) in [4.78, 5) is 11.0. The Morgan fingerprint density at radius 3 is 3.13 bits per heavy atom. The van der Waals surface area contributed by atoms with E-state index < -0.39 is 5.97 Å². The molecular formula is C9H11NO5. The molecule has 0 N–H and O–H groups in total. The lowest BCUT2D eigenvalue weighted by molar-refractivity contribution is -0.0730. The Balaban J connectivity index is 1.86. The number of carbonyl (C=O) groups is 1. The highest BCUT2D eigenvalue weighted by atomic mass is 16.6. The van der Waals surface area contributed by atoms with Crippen LogP contribution in [0, 0.1) is 0 Å². The fraction of sp³-hybridized carbons (Fsp3) is 0.556. The number of ether oxygens (including phenoxy) is 3. The summed E-state index contributed by atoms with van der Waals surface area (Å²) in [5, 5.41) is 3.56. The number of rotatable bonds is 4. The Bertz CT molecular complexity index is 344. The van der Waals surface area contributed by atoms with Gasteiger partial charge >= 0.3 is 5.97 Å². The van der Waals surface area contributed by atoms with Crippen molar-refractivity contribution in [3.05, 3.63) is 11.8 Å². The van der Waals surface area contributed by atoms with Crippen molar-refractivity contribution in [3.63, 3.8) is 0 Å². The molecule has 0 aromatic carbocycles. The van der Waals surface area contributed by atoms with Crippen LogP contribution < -0.4 is 4.74 Å². The van der Waals surface area contributed by atoms with Crippen LogP contribution in [0.25, 0.3) is 0 Å². The minimum atomic E-state index is -0.572. The molecule has 0 saturated carbocycles. The second-order valence-electron chi connectivity index (χ2n) is 3.11. The molecular weight excluding hydrogens is 202 g/mol. The Kier molecular flexibility index (Phi) is 2.86. The Labute approximate surface area is 86.1 Å². The van der Waals surface area contributed by atoms with Gasteiger partial charge in [0.25, 0.3) is 5.88 Å². The predicted molar refractivity (Wildman–Crippen MR) is 47.7 cm³/mol. The molecule has 6 nitrogen and oxygen atoms in total. The molecule has 1 aliphatic heterocycles. The van der Waals surface area contributed by atoms with Crippen molar-refractivity contribution in [1.29, 1.82) is 0 Å². The molecule has 0 radical (unpaired) electrons. The maximum atomic E-state index is 11.0. The maximum Gasteiger partial charge on any atom is 0.377 e. The van der Waals surface area contributed by atoms with Crippen LogP contribution in [0.5, 0.6) is 5.88 Å². The van der Waals surface area contributed by atoms with Gasteiger partial charge in [0.05, 0.1) is 19.3 Å². The summed E-state index contributed by atoms with van der Waals surface area (Å²) in [6.45, 7) is 1.20. The highest BCUT2D eigenvalue weighted by Crippen LogP contribution is 2.15. The Morgan fingerprint density at radius 1 is 1.73 bits per heavy atom. The summed E-state index contributed by atoms with van der Waals surface area (Å²) in [7, 11) is 1.27. The summed E-state index contributed by atoms with van der Waals surface area (Å²) < 4.78 is 19.6. The molecule has 6 heteroatoms. The molecule has 1 atom stereocenters. The molecule has 15 heavy (non-hydrogen) atoms. The molecule has 1 aliphatic rings. The average Bonchev–Trinajstić information content (AvgIpc) is 2.63. The third kappa shape index (κ3) is 2.27. The second kappa shape index (κ2) is 4.31. The zero-order valence-corrected chi connectivity index (χ0v) is 8.26. The number of carbonyl (C=O) groups excluding carboxylic acids is 1. The molecule has 0 bridgehead atoms. The lowest BCUT2D eigenvalue weighted by Crippen LogP contribution is -2.32. The molecule has 1 aromatic heterocycles. The van der Waals surface area contributed by atoms with Crippen LogP contribution in [-0.2, 0) is 9.47 Å². The van der Waals surface area contributed by atoms with Crippen molar-refractivity contribution in [3.8, 4) is 5.88 Å². The van der Waals surface area contributed by atoms with Crippen LogP contribution in [-0.4, -0.2) is 37.6 Å². The summed E-state index contributed by atoms with van der Waals surface area (Å²) in [6.07, 6.45) is 1.12. The van der Waals surface area contributed by atoms with Crippen LogP contribution >= 0.6 is 0 Å². The van der Waals surface area contributed by atoms with Gasteiger partial charge < -0.3 is 18.7 Å². The van der Waals surface area contributed by atoms with Crippen molar-refractivity contribution in [2.45, 2.75) is 12.5 Å². The lowest BCUT2D eigenvalue weighted by atomic mass is 10.2. The molecule has 2 heterocycles. The summed E-state index contributed by atoms with van der Waals surface area (Å²) in [5.74, 6) is -0.273. The second-order valence-corrected chi connectivity index (χ2v) is 3.11. The van der Waals surface area contributed by atoms with E-state index in [-0.39, 0.29) is 17.7 Å². The molecule has 2 rings (SSSR count). The molecule has 1 aromatic rings. The predicted octanol–water partition coefficient (Wildman–Crippen LogP) is 0.629. The number of methoxy groups -OCH3 is 1. The summed E-state index contributed by atoms with van der Waals surface area (Å²) >= 11 is 0. The van der Waals surface area contributed by atoms with Gasteiger partial charge in [-0.1, -0.05) is 0 Å². The highest BCUT2D eigenvalue weighted by molar-refractivity contribution is 5.86. The first kappa shape index (κ1) is 9.97. The molecule has 0 amide bonds. The zero-order valence-electron chi connectivity index (χ0n) is 8.26. The highest BCUT2D eigenvalue weighted by Gasteiger charge is 2.20. The maximum absolute atomic E-state index is 11.0. The van der Waals surface area contributed by atoms with E-state index in [2.05, 4.69) is 9.89 Å². The quantitative estimate of drug-likeness (QED) is 0.683. The van der Waals surface area contributed by atoms with Crippen LogP contribution in [0.1, 0.15) is 17.0 Å². The van der Waals surface area contributed by atoms with E-state index in [4.69, 9.17) is 14.0 Å². The van der Waals surface area contributed by atoms with Crippen LogP contribution in [0.15, 0.2) is 10.6 Å². The Hall–Kier alpha value is -1.56. The van der Waals surface area contributed by atoms with E-state index in [9.17, 15) is 4.79 Å². The number of nitrogens with zero attached hydrogens (tertiary/aromatic N) is 1. The van der Waals surface area contributed by atoms with E-state index in [1.807, 2.05) is 0 Å². The summed E-state index contributed by atoms with van der Waals surface area (Å²) in [6, 6.07) is 1.39. The van der Waals surface area contributed by atoms with Crippen LogP contribution in [0.4, 0.5) is 0 Å². The molecule has 82 valence electrons. The van der Waals surface area contributed by atoms with E-state index >= 15 is 0 Å². The van der Waals surface area contributed by atoms with E-state index in [1.165, 1.54) is 13.2 Å². The third-order valence-corrected chi connectivity index (χ3v) is 2.09. The monoisotopic (exact) mass is 213 g/mol. The van der Waals surface area contributed by atoms with E-state index in [1.54, 1.807) is 0 Å². The molecule has 0 aliphatic carbocycles. The molecule has 1 fully saturated rings. The topological polar surface area (TPSA) is 70.8 Å². The average molecular weight is 213 g/mol. The van der Waals surface area contributed by atoms with Gasteiger partial charge in [0, 0.05) is 13.0 Å². The van der Waals surface area contributed by atoms with Gasteiger partial charge in [-0.3, -0.25) is 0 Å². The number of esters is 1. The zero-order chi connectivity index (χ0) is 10.7. The number of aromatic nitrogens is 1. The molecule has 0 spiro atoms. The van der Waals surface area contributed by atoms with E-state index in [0.717, 1.165) is 13.0 Å². The van der Waals surface area contributed by atoms with Gasteiger partial charge in [-0.15, -0.1) is 0 Å². The van der Waals surface area contributed by atoms with Gasteiger partial charge in [-0.05, 0) is 5.16 Å². The van der Waals surface area contributed by atoms with Gasteiger partial charge in [0.2, 0.25) is 5.76 Å². The first-order chi connectivity index (χ1) is 7.29. The smallest absolute Gasteiger partial charge is 0.377 e. The van der Waals surface area contributed by atoms with E-state index in [0.29, 0.717) is 6.61 Å². The minimum absolute atomic E-state index is 0.0297. The van der Waals surface area contributed by atoms with Gasteiger partial charge in [-0.2, -0.15) is 0 Å². The van der Waals surface area contributed by atoms with Gasteiger partial charge in [0.15, 0.2) is 0 Å². The SMILES string of the molecule is COC(=O)c1cc(OCC2CCO2)no1. The van der Waals surface area contributed by atoms with Gasteiger partial charge in [0.1, 0.15) is 6.61 Å². The standard InChI is InChI=1S/C9H11NO5/c1-12-9(11)7-4-8(10-15-7)14-5-6-2-3-13-6/h4,6H,2-3,5H2,1H3. The Morgan fingerprint density at radius 2 is 2.53 bits per heavy atom. The lowest BCUT2D eigenvalue weighted by Gasteiger charge is -2.25.